The SMILES string of the molecule is CCCc1cc(C(F)(F)F)cc(NC2=NCCN2)c1C. The van der Waals surface area contributed by atoms with Gasteiger partial charge in [-0.25, -0.2) is 0 Å². The number of halogens is 3. The van der Waals surface area contributed by atoms with Crippen molar-refractivity contribution in [2.45, 2.75) is 32.9 Å². The smallest absolute Gasteiger partial charge is 0.354 e. The van der Waals surface area contributed by atoms with Crippen LogP contribution in [0.1, 0.15) is 30.0 Å². The molecule has 2 rings (SSSR count). The lowest BCUT2D eigenvalue weighted by Crippen LogP contribution is -2.27. The van der Waals surface area contributed by atoms with Crippen LogP contribution in [0.3, 0.4) is 0 Å². The monoisotopic (exact) mass is 285 g/mol. The first-order valence-corrected chi connectivity index (χ1v) is 6.68. The van der Waals surface area contributed by atoms with Crippen molar-refractivity contribution in [1.82, 2.24) is 5.32 Å². The van der Waals surface area contributed by atoms with Gasteiger partial charge in [-0.05, 0) is 36.6 Å². The van der Waals surface area contributed by atoms with Gasteiger partial charge in [-0.1, -0.05) is 13.3 Å². The first kappa shape index (κ1) is 14.7. The fraction of sp³-hybridized carbons (Fsp3) is 0.500. The summed E-state index contributed by atoms with van der Waals surface area (Å²) < 4.78 is 38.9. The number of guanidine groups is 1. The highest BCUT2D eigenvalue weighted by Gasteiger charge is 2.32. The Hall–Kier alpha value is -1.72. The van der Waals surface area contributed by atoms with Crippen molar-refractivity contribution in [2.75, 3.05) is 18.4 Å². The number of rotatable bonds is 3. The summed E-state index contributed by atoms with van der Waals surface area (Å²) in [6, 6.07) is 2.39. The first-order valence-electron chi connectivity index (χ1n) is 6.68. The third-order valence-electron chi connectivity index (χ3n) is 3.29. The molecule has 1 aromatic carbocycles. The molecule has 0 radical (unpaired) electrons. The van der Waals surface area contributed by atoms with E-state index < -0.39 is 11.7 Å². The zero-order valence-corrected chi connectivity index (χ0v) is 11.6. The molecule has 0 fully saturated rings. The van der Waals surface area contributed by atoms with Crippen molar-refractivity contribution in [3.63, 3.8) is 0 Å². The molecule has 1 aromatic rings. The molecule has 1 aliphatic heterocycles. The minimum absolute atomic E-state index is 0.469. The van der Waals surface area contributed by atoms with E-state index in [1.807, 2.05) is 13.8 Å². The standard InChI is InChI=1S/C14H18F3N3/c1-3-4-10-7-11(14(15,16)17)8-12(9(10)2)20-13-18-5-6-19-13/h7-8H,3-6H2,1-2H3,(H2,18,19,20). The number of benzene rings is 1. The molecule has 0 aromatic heterocycles. The Morgan fingerprint density at radius 1 is 1.35 bits per heavy atom. The highest BCUT2D eigenvalue weighted by molar-refractivity contribution is 5.95. The third-order valence-corrected chi connectivity index (χ3v) is 3.29. The van der Waals surface area contributed by atoms with Crippen LogP contribution in [0.25, 0.3) is 0 Å². The topological polar surface area (TPSA) is 36.4 Å². The third kappa shape index (κ3) is 3.23. The normalized spacial score (nSPS) is 14.9. The van der Waals surface area contributed by atoms with Crippen molar-refractivity contribution in [3.05, 3.63) is 28.8 Å². The number of nitrogens with one attached hydrogen (secondary N) is 2. The van der Waals surface area contributed by atoms with E-state index in [0.29, 0.717) is 31.2 Å². The number of hydrogen-bond donors (Lipinski definition) is 2. The van der Waals surface area contributed by atoms with Crippen LogP contribution in [-0.4, -0.2) is 19.0 Å². The second-order valence-corrected chi connectivity index (χ2v) is 4.84. The van der Waals surface area contributed by atoms with Crippen LogP contribution in [0.15, 0.2) is 17.1 Å². The Bertz CT molecular complexity index is 521. The molecular weight excluding hydrogens is 267 g/mol. The maximum Gasteiger partial charge on any atom is 0.416 e. The number of aliphatic imine (C=N–C) groups is 1. The predicted octanol–water partition coefficient (Wildman–Crippen LogP) is 3.34. The van der Waals surface area contributed by atoms with Crippen LogP contribution in [0.2, 0.25) is 0 Å². The number of aryl methyl sites for hydroxylation is 1. The molecule has 0 aliphatic carbocycles. The number of alkyl halides is 3. The molecule has 0 atom stereocenters. The summed E-state index contributed by atoms with van der Waals surface area (Å²) in [5.41, 5.74) is 1.42. The summed E-state index contributed by atoms with van der Waals surface area (Å²) >= 11 is 0. The highest BCUT2D eigenvalue weighted by atomic mass is 19.4. The van der Waals surface area contributed by atoms with Gasteiger partial charge in [0.1, 0.15) is 0 Å². The molecule has 0 unspecified atom stereocenters. The molecule has 3 nitrogen and oxygen atoms in total. The Labute approximate surface area is 116 Å². The van der Waals surface area contributed by atoms with Crippen LogP contribution in [0.4, 0.5) is 18.9 Å². The van der Waals surface area contributed by atoms with Gasteiger partial charge in [0.05, 0.1) is 12.1 Å². The molecule has 6 heteroatoms. The van der Waals surface area contributed by atoms with Gasteiger partial charge in [0, 0.05) is 12.2 Å². The van der Waals surface area contributed by atoms with Crippen LogP contribution >= 0.6 is 0 Å². The van der Waals surface area contributed by atoms with Crippen molar-refractivity contribution in [3.8, 4) is 0 Å². The van der Waals surface area contributed by atoms with Gasteiger partial charge in [-0.15, -0.1) is 0 Å². The van der Waals surface area contributed by atoms with Gasteiger partial charge in [-0.3, -0.25) is 4.99 Å². The molecule has 2 N–H and O–H groups in total. The summed E-state index contributed by atoms with van der Waals surface area (Å²) in [5.74, 6) is 0.537. The maximum atomic E-state index is 13.0. The quantitative estimate of drug-likeness (QED) is 0.893. The number of anilines is 1. The number of hydrogen-bond acceptors (Lipinski definition) is 3. The molecule has 20 heavy (non-hydrogen) atoms. The van der Waals surface area contributed by atoms with E-state index in [-0.39, 0.29) is 0 Å². The average molecular weight is 285 g/mol. The van der Waals surface area contributed by atoms with Gasteiger partial charge in [0.2, 0.25) is 0 Å². The molecule has 0 amide bonds. The summed E-state index contributed by atoms with van der Waals surface area (Å²) in [5, 5.41) is 5.96. The molecule has 1 aliphatic rings. The molecule has 0 bridgehead atoms. The largest absolute Gasteiger partial charge is 0.416 e. The molecule has 1 heterocycles. The molecule has 0 saturated heterocycles. The average Bonchev–Trinajstić information content (AvgIpc) is 2.86. The second-order valence-electron chi connectivity index (χ2n) is 4.84. The van der Waals surface area contributed by atoms with Crippen molar-refractivity contribution in [2.24, 2.45) is 4.99 Å². The summed E-state index contributed by atoms with van der Waals surface area (Å²) in [4.78, 5) is 4.15. The fourth-order valence-corrected chi connectivity index (χ4v) is 2.21. The molecule has 110 valence electrons. The van der Waals surface area contributed by atoms with Gasteiger partial charge < -0.3 is 10.6 Å². The van der Waals surface area contributed by atoms with E-state index >= 15 is 0 Å². The Kier molecular flexibility index (Phi) is 4.20. The summed E-state index contributed by atoms with van der Waals surface area (Å²) in [7, 11) is 0. The van der Waals surface area contributed by atoms with E-state index in [2.05, 4.69) is 15.6 Å². The number of nitrogens with zero attached hydrogens (tertiary/aromatic N) is 1. The lowest BCUT2D eigenvalue weighted by molar-refractivity contribution is -0.137. The van der Waals surface area contributed by atoms with Crippen LogP contribution in [0, 0.1) is 6.92 Å². The fourth-order valence-electron chi connectivity index (χ4n) is 2.21. The van der Waals surface area contributed by atoms with E-state index in [0.717, 1.165) is 23.6 Å². The maximum absolute atomic E-state index is 13.0. The van der Waals surface area contributed by atoms with E-state index in [1.165, 1.54) is 6.07 Å². The Balaban J connectivity index is 2.39. The van der Waals surface area contributed by atoms with E-state index in [1.54, 1.807) is 0 Å². The van der Waals surface area contributed by atoms with Gasteiger partial charge in [0.15, 0.2) is 5.96 Å². The van der Waals surface area contributed by atoms with E-state index in [9.17, 15) is 13.2 Å². The Morgan fingerprint density at radius 3 is 2.65 bits per heavy atom. The van der Waals surface area contributed by atoms with Crippen molar-refractivity contribution < 1.29 is 13.2 Å². The lowest BCUT2D eigenvalue weighted by Gasteiger charge is -2.17. The predicted molar refractivity (Wildman–Crippen MR) is 74.1 cm³/mol. The molecule has 0 spiro atoms. The van der Waals surface area contributed by atoms with Gasteiger partial charge in [-0.2, -0.15) is 13.2 Å². The first-order chi connectivity index (χ1) is 9.41. The van der Waals surface area contributed by atoms with Crippen LogP contribution in [0.5, 0.6) is 0 Å². The summed E-state index contributed by atoms with van der Waals surface area (Å²) in [6.45, 7) is 5.14. The van der Waals surface area contributed by atoms with Crippen molar-refractivity contribution in [1.29, 1.82) is 0 Å². The van der Waals surface area contributed by atoms with Crippen LogP contribution in [-0.2, 0) is 12.6 Å². The summed E-state index contributed by atoms with van der Waals surface area (Å²) in [6.07, 6.45) is -2.90. The van der Waals surface area contributed by atoms with Crippen molar-refractivity contribution >= 4 is 11.6 Å². The second kappa shape index (κ2) is 5.73. The Morgan fingerprint density at radius 2 is 2.10 bits per heavy atom. The zero-order valence-electron chi connectivity index (χ0n) is 11.6. The zero-order chi connectivity index (χ0) is 14.8. The molecular formula is C14H18F3N3. The minimum atomic E-state index is -4.34. The van der Waals surface area contributed by atoms with Gasteiger partial charge >= 0.3 is 6.18 Å². The lowest BCUT2D eigenvalue weighted by atomic mass is 9.99. The minimum Gasteiger partial charge on any atom is -0.354 e. The highest BCUT2D eigenvalue weighted by Crippen LogP contribution is 2.34. The van der Waals surface area contributed by atoms with Crippen LogP contribution < -0.4 is 10.6 Å². The molecule has 0 saturated carbocycles. The van der Waals surface area contributed by atoms with Gasteiger partial charge in [0.25, 0.3) is 0 Å². The van der Waals surface area contributed by atoms with E-state index in [4.69, 9.17) is 0 Å².